The van der Waals surface area contributed by atoms with Crippen molar-refractivity contribution in [2.75, 3.05) is 13.7 Å². The van der Waals surface area contributed by atoms with Crippen LogP contribution >= 0.6 is 0 Å². The van der Waals surface area contributed by atoms with Crippen LogP contribution in [-0.2, 0) is 4.79 Å². The third-order valence-corrected chi connectivity index (χ3v) is 4.68. The number of methoxy groups -OCH3 is 1. The summed E-state index contributed by atoms with van der Waals surface area (Å²) in [5.41, 5.74) is 3.47. The molecule has 1 unspecified atom stereocenters. The number of carbonyl (C=O) groups excluding carboxylic acids is 1. The van der Waals surface area contributed by atoms with Gasteiger partial charge in [0, 0.05) is 0 Å². The molecule has 4 nitrogen and oxygen atoms in total. The lowest BCUT2D eigenvalue weighted by molar-refractivity contribution is -0.122. The van der Waals surface area contributed by atoms with Crippen molar-refractivity contribution in [1.29, 1.82) is 0 Å². The normalized spacial score (nSPS) is 14.6. The molecular formula is C22H27NO3. The molecule has 4 heteroatoms. The van der Waals surface area contributed by atoms with Gasteiger partial charge in [-0.25, -0.2) is 0 Å². The van der Waals surface area contributed by atoms with Gasteiger partial charge in [0.25, 0.3) is 0 Å². The van der Waals surface area contributed by atoms with Gasteiger partial charge in [0.05, 0.1) is 26.2 Å². The van der Waals surface area contributed by atoms with E-state index in [2.05, 4.69) is 11.4 Å². The number of carbonyl (C=O) groups is 1. The second-order valence-electron chi connectivity index (χ2n) is 7.08. The van der Waals surface area contributed by atoms with Gasteiger partial charge in [0.1, 0.15) is 11.5 Å². The van der Waals surface area contributed by atoms with Crippen molar-refractivity contribution in [1.82, 2.24) is 5.32 Å². The van der Waals surface area contributed by atoms with Crippen molar-refractivity contribution in [3.05, 3.63) is 59.2 Å². The largest absolute Gasteiger partial charge is 0.497 e. The molecule has 26 heavy (non-hydrogen) atoms. The van der Waals surface area contributed by atoms with Crippen LogP contribution in [0.1, 0.15) is 42.0 Å². The Labute approximate surface area is 155 Å². The number of ether oxygens (including phenoxy) is 2. The molecule has 1 aliphatic carbocycles. The highest BCUT2D eigenvalue weighted by atomic mass is 16.5. The van der Waals surface area contributed by atoms with Gasteiger partial charge in [-0.05, 0) is 73.6 Å². The zero-order chi connectivity index (χ0) is 18.5. The molecular weight excluding hydrogens is 326 g/mol. The zero-order valence-corrected chi connectivity index (χ0v) is 15.7. The first-order valence-corrected chi connectivity index (χ1v) is 9.19. The van der Waals surface area contributed by atoms with E-state index < -0.39 is 0 Å². The topological polar surface area (TPSA) is 47.6 Å². The van der Waals surface area contributed by atoms with Gasteiger partial charge < -0.3 is 14.8 Å². The maximum atomic E-state index is 12.4. The van der Waals surface area contributed by atoms with Gasteiger partial charge in [0.2, 0.25) is 5.91 Å². The monoisotopic (exact) mass is 353 g/mol. The van der Waals surface area contributed by atoms with E-state index in [1.54, 1.807) is 7.11 Å². The van der Waals surface area contributed by atoms with Gasteiger partial charge in [-0.2, -0.15) is 0 Å². The molecule has 0 bridgehead atoms. The highest BCUT2D eigenvalue weighted by Gasteiger charge is 2.33. The Balaban J connectivity index is 1.53. The van der Waals surface area contributed by atoms with Crippen LogP contribution in [0.15, 0.2) is 42.5 Å². The second kappa shape index (κ2) is 8.26. The summed E-state index contributed by atoms with van der Waals surface area (Å²) in [6.45, 7) is 4.47. The lowest BCUT2D eigenvalue weighted by Crippen LogP contribution is -2.30. The van der Waals surface area contributed by atoms with Crippen molar-refractivity contribution in [3.8, 4) is 11.5 Å². The molecule has 1 amide bonds. The summed E-state index contributed by atoms with van der Waals surface area (Å²) >= 11 is 0. The molecule has 1 saturated carbocycles. The summed E-state index contributed by atoms with van der Waals surface area (Å²) in [5.74, 6) is 2.22. The standard InChI is InChI=1S/C22H27NO3/c1-15-12-16(2)14-20(13-15)26-11-10-21(24)23-22(17-4-5-17)18-6-8-19(25-3)9-7-18/h6-9,12-14,17,22H,4-5,10-11H2,1-3H3,(H,23,24). The molecule has 1 N–H and O–H groups in total. The third-order valence-electron chi connectivity index (χ3n) is 4.68. The number of rotatable bonds is 8. The quantitative estimate of drug-likeness (QED) is 0.767. The van der Waals surface area contributed by atoms with E-state index in [0.29, 0.717) is 18.9 Å². The Morgan fingerprint density at radius 1 is 1.08 bits per heavy atom. The highest BCUT2D eigenvalue weighted by Crippen LogP contribution is 2.41. The average Bonchev–Trinajstić information content (AvgIpc) is 3.44. The van der Waals surface area contributed by atoms with Gasteiger partial charge in [0.15, 0.2) is 0 Å². The SMILES string of the molecule is COc1ccc(C(NC(=O)CCOc2cc(C)cc(C)c2)C2CC2)cc1. The summed E-state index contributed by atoms with van der Waals surface area (Å²) in [5, 5.41) is 3.18. The maximum absolute atomic E-state index is 12.4. The number of benzene rings is 2. The van der Waals surface area contributed by atoms with Crippen molar-refractivity contribution in [3.63, 3.8) is 0 Å². The second-order valence-corrected chi connectivity index (χ2v) is 7.08. The van der Waals surface area contributed by atoms with Gasteiger partial charge in [-0.1, -0.05) is 18.2 Å². The van der Waals surface area contributed by atoms with Crippen LogP contribution in [0.2, 0.25) is 0 Å². The van der Waals surface area contributed by atoms with Crippen molar-refractivity contribution >= 4 is 5.91 Å². The van der Waals surface area contributed by atoms with Crippen LogP contribution in [0.25, 0.3) is 0 Å². The Morgan fingerprint density at radius 3 is 2.31 bits per heavy atom. The summed E-state index contributed by atoms with van der Waals surface area (Å²) < 4.78 is 11.0. The first kappa shape index (κ1) is 18.3. The molecule has 0 radical (unpaired) electrons. The lowest BCUT2D eigenvalue weighted by atomic mass is 10.0. The lowest BCUT2D eigenvalue weighted by Gasteiger charge is -2.19. The molecule has 3 rings (SSSR count). The van der Waals surface area contributed by atoms with Crippen LogP contribution in [-0.4, -0.2) is 19.6 Å². The Hall–Kier alpha value is -2.49. The summed E-state index contributed by atoms with van der Waals surface area (Å²) in [6.07, 6.45) is 2.68. The van der Waals surface area contributed by atoms with Crippen LogP contribution in [0, 0.1) is 19.8 Å². The number of hydrogen-bond donors (Lipinski definition) is 1. The summed E-state index contributed by atoms with van der Waals surface area (Å²) in [4.78, 5) is 12.4. The fourth-order valence-corrected chi connectivity index (χ4v) is 3.24. The van der Waals surface area contributed by atoms with E-state index >= 15 is 0 Å². The molecule has 2 aromatic rings. The van der Waals surface area contributed by atoms with E-state index in [9.17, 15) is 4.79 Å². The maximum Gasteiger partial charge on any atom is 0.223 e. The van der Waals surface area contributed by atoms with Crippen LogP contribution in [0.3, 0.4) is 0 Å². The van der Waals surface area contributed by atoms with Gasteiger partial charge in [-0.15, -0.1) is 0 Å². The van der Waals surface area contributed by atoms with E-state index in [1.165, 1.54) is 0 Å². The van der Waals surface area contributed by atoms with E-state index in [1.807, 2.05) is 50.2 Å². The molecule has 1 aliphatic rings. The minimum Gasteiger partial charge on any atom is -0.497 e. The first-order chi connectivity index (χ1) is 12.5. The number of hydrogen-bond acceptors (Lipinski definition) is 3. The Morgan fingerprint density at radius 2 is 1.73 bits per heavy atom. The minimum absolute atomic E-state index is 0.0297. The van der Waals surface area contributed by atoms with Crippen molar-refractivity contribution < 1.29 is 14.3 Å². The molecule has 1 fully saturated rings. The smallest absolute Gasteiger partial charge is 0.223 e. The fourth-order valence-electron chi connectivity index (χ4n) is 3.24. The van der Waals surface area contributed by atoms with Gasteiger partial charge >= 0.3 is 0 Å². The number of amides is 1. The van der Waals surface area contributed by atoms with Crippen LogP contribution < -0.4 is 14.8 Å². The van der Waals surface area contributed by atoms with E-state index in [0.717, 1.165) is 41.0 Å². The van der Waals surface area contributed by atoms with Crippen molar-refractivity contribution in [2.24, 2.45) is 5.92 Å². The summed E-state index contributed by atoms with van der Waals surface area (Å²) in [7, 11) is 1.66. The predicted octanol–water partition coefficient (Wildman–Crippen LogP) is 4.35. The predicted molar refractivity (Wildman–Crippen MR) is 103 cm³/mol. The van der Waals surface area contributed by atoms with E-state index in [-0.39, 0.29) is 11.9 Å². The highest BCUT2D eigenvalue weighted by molar-refractivity contribution is 5.76. The Bertz CT molecular complexity index is 730. The summed E-state index contributed by atoms with van der Waals surface area (Å²) in [6, 6.07) is 14.1. The van der Waals surface area contributed by atoms with E-state index in [4.69, 9.17) is 9.47 Å². The number of aryl methyl sites for hydroxylation is 2. The molecule has 0 spiro atoms. The first-order valence-electron chi connectivity index (χ1n) is 9.19. The zero-order valence-electron chi connectivity index (χ0n) is 15.7. The average molecular weight is 353 g/mol. The Kier molecular flexibility index (Phi) is 5.82. The number of nitrogens with one attached hydrogen (secondary N) is 1. The molecule has 0 aliphatic heterocycles. The molecule has 1 atom stereocenters. The van der Waals surface area contributed by atoms with Crippen molar-refractivity contribution in [2.45, 2.75) is 39.2 Å². The molecule has 0 aromatic heterocycles. The molecule has 2 aromatic carbocycles. The van der Waals surface area contributed by atoms with Crippen LogP contribution in [0.5, 0.6) is 11.5 Å². The molecule has 0 heterocycles. The molecule has 0 saturated heterocycles. The molecule has 138 valence electrons. The third kappa shape index (κ3) is 5.01. The van der Waals surface area contributed by atoms with Gasteiger partial charge in [-0.3, -0.25) is 4.79 Å². The fraction of sp³-hybridized carbons (Fsp3) is 0.409. The minimum atomic E-state index is 0.0297. The van der Waals surface area contributed by atoms with Crippen LogP contribution in [0.4, 0.5) is 0 Å².